The van der Waals surface area contributed by atoms with Gasteiger partial charge < -0.3 is 14.1 Å². The summed E-state index contributed by atoms with van der Waals surface area (Å²) >= 11 is 0. The first-order valence-corrected chi connectivity index (χ1v) is 7.72. The molecule has 1 saturated heterocycles. The van der Waals surface area contributed by atoms with Crippen LogP contribution in [0.2, 0.25) is 0 Å². The van der Waals surface area contributed by atoms with Gasteiger partial charge in [0, 0.05) is 18.9 Å². The highest BCUT2D eigenvalue weighted by Gasteiger charge is 2.30. The number of aryl methyl sites for hydroxylation is 3. The Hall–Kier alpha value is -2.28. The van der Waals surface area contributed by atoms with Gasteiger partial charge >= 0.3 is 0 Å². The number of oxazole rings is 1. The molecular formula is C16H20N4O3. The molecule has 0 N–H and O–H groups in total. The van der Waals surface area contributed by atoms with Crippen LogP contribution in [0.4, 0.5) is 0 Å². The first kappa shape index (κ1) is 15.6. The van der Waals surface area contributed by atoms with Crippen molar-refractivity contribution in [1.29, 1.82) is 0 Å². The minimum Gasteiger partial charge on any atom is -0.448 e. The zero-order chi connectivity index (χ0) is 16.2. The lowest BCUT2D eigenvalue weighted by atomic mass is 10.1. The molecule has 2 aromatic heterocycles. The fourth-order valence-corrected chi connectivity index (χ4v) is 2.79. The van der Waals surface area contributed by atoms with Crippen molar-refractivity contribution in [3.63, 3.8) is 0 Å². The first-order chi connectivity index (χ1) is 11.2. The SMILES string of the molecule is Cc1nccnc1CC[C@@H]1COCCN1C(=O)c1ncoc1C. The van der Waals surface area contributed by atoms with Gasteiger partial charge in [-0.15, -0.1) is 0 Å². The summed E-state index contributed by atoms with van der Waals surface area (Å²) in [7, 11) is 0. The topological polar surface area (TPSA) is 81.4 Å². The quantitative estimate of drug-likeness (QED) is 0.851. The van der Waals surface area contributed by atoms with E-state index in [1.807, 2.05) is 11.8 Å². The molecule has 122 valence electrons. The van der Waals surface area contributed by atoms with E-state index in [9.17, 15) is 4.79 Å². The molecule has 0 aromatic carbocycles. The predicted molar refractivity (Wildman–Crippen MR) is 82.0 cm³/mol. The molecule has 7 heteroatoms. The number of morpholine rings is 1. The van der Waals surface area contributed by atoms with Gasteiger partial charge in [-0.1, -0.05) is 0 Å². The summed E-state index contributed by atoms with van der Waals surface area (Å²) in [4.78, 5) is 27.2. The third-order valence-electron chi connectivity index (χ3n) is 4.13. The Morgan fingerprint density at radius 1 is 1.30 bits per heavy atom. The number of hydrogen-bond donors (Lipinski definition) is 0. The highest BCUT2D eigenvalue weighted by atomic mass is 16.5. The van der Waals surface area contributed by atoms with Crippen LogP contribution in [-0.2, 0) is 11.2 Å². The highest BCUT2D eigenvalue weighted by molar-refractivity contribution is 5.93. The van der Waals surface area contributed by atoms with Gasteiger partial charge in [-0.05, 0) is 26.7 Å². The van der Waals surface area contributed by atoms with Crippen LogP contribution >= 0.6 is 0 Å². The molecule has 0 radical (unpaired) electrons. The first-order valence-electron chi connectivity index (χ1n) is 7.72. The highest BCUT2D eigenvalue weighted by Crippen LogP contribution is 2.18. The third-order valence-corrected chi connectivity index (χ3v) is 4.13. The summed E-state index contributed by atoms with van der Waals surface area (Å²) in [6, 6.07) is 0.00811. The van der Waals surface area contributed by atoms with Crippen molar-refractivity contribution in [1.82, 2.24) is 19.9 Å². The standard InChI is InChI=1S/C16H20N4O3/c1-11-14(18-6-5-17-11)4-3-13-9-22-8-7-20(13)16(21)15-12(2)23-10-19-15/h5-6,10,13H,3-4,7-9H2,1-2H3/t13-/m1/s1. The molecule has 0 bridgehead atoms. The molecule has 1 atom stereocenters. The van der Waals surface area contributed by atoms with Crippen LogP contribution in [0.25, 0.3) is 0 Å². The Morgan fingerprint density at radius 3 is 2.87 bits per heavy atom. The van der Waals surface area contributed by atoms with E-state index in [4.69, 9.17) is 9.15 Å². The lowest BCUT2D eigenvalue weighted by Crippen LogP contribution is -2.49. The summed E-state index contributed by atoms with van der Waals surface area (Å²) < 4.78 is 10.7. The van der Waals surface area contributed by atoms with Crippen molar-refractivity contribution in [2.24, 2.45) is 0 Å². The Balaban J connectivity index is 1.70. The average Bonchev–Trinajstić information content (AvgIpc) is 3.00. The number of carbonyl (C=O) groups excluding carboxylic acids is 1. The van der Waals surface area contributed by atoms with Crippen LogP contribution in [-0.4, -0.2) is 51.6 Å². The number of amides is 1. The lowest BCUT2D eigenvalue weighted by Gasteiger charge is -2.35. The van der Waals surface area contributed by atoms with Gasteiger partial charge in [0.15, 0.2) is 12.1 Å². The van der Waals surface area contributed by atoms with Gasteiger partial charge in [0.2, 0.25) is 0 Å². The molecule has 1 fully saturated rings. The van der Waals surface area contributed by atoms with E-state index in [0.717, 1.165) is 24.2 Å². The molecule has 3 heterocycles. The minimum atomic E-state index is -0.0968. The molecule has 2 aromatic rings. The maximum atomic E-state index is 12.7. The smallest absolute Gasteiger partial charge is 0.276 e. The fourth-order valence-electron chi connectivity index (χ4n) is 2.79. The normalized spacial score (nSPS) is 18.2. The average molecular weight is 316 g/mol. The van der Waals surface area contributed by atoms with Crippen molar-refractivity contribution in [3.8, 4) is 0 Å². The number of hydrogen-bond acceptors (Lipinski definition) is 6. The Labute approximate surface area is 134 Å². The summed E-state index contributed by atoms with van der Waals surface area (Å²) in [6.07, 6.45) is 6.23. The summed E-state index contributed by atoms with van der Waals surface area (Å²) in [5, 5.41) is 0. The van der Waals surface area contributed by atoms with Gasteiger partial charge in [-0.25, -0.2) is 4.98 Å². The van der Waals surface area contributed by atoms with Gasteiger partial charge in [0.25, 0.3) is 5.91 Å². The summed E-state index contributed by atoms with van der Waals surface area (Å²) in [6.45, 7) is 5.33. The summed E-state index contributed by atoms with van der Waals surface area (Å²) in [5.74, 6) is 0.449. The van der Waals surface area contributed by atoms with Crippen molar-refractivity contribution >= 4 is 5.91 Å². The predicted octanol–water partition coefficient (Wildman–Crippen LogP) is 1.56. The largest absolute Gasteiger partial charge is 0.448 e. The molecule has 7 nitrogen and oxygen atoms in total. The maximum absolute atomic E-state index is 12.7. The molecule has 1 aliphatic rings. The zero-order valence-electron chi connectivity index (χ0n) is 13.4. The number of aromatic nitrogens is 3. The number of rotatable bonds is 4. The van der Waals surface area contributed by atoms with Crippen LogP contribution in [0.1, 0.15) is 34.1 Å². The second-order valence-electron chi connectivity index (χ2n) is 5.61. The van der Waals surface area contributed by atoms with Crippen LogP contribution < -0.4 is 0 Å². The second kappa shape index (κ2) is 6.87. The lowest BCUT2D eigenvalue weighted by molar-refractivity contribution is -0.00450. The van der Waals surface area contributed by atoms with E-state index in [-0.39, 0.29) is 11.9 Å². The third kappa shape index (κ3) is 3.39. The number of nitrogens with zero attached hydrogens (tertiary/aromatic N) is 4. The van der Waals surface area contributed by atoms with Gasteiger partial charge in [-0.2, -0.15) is 0 Å². The van der Waals surface area contributed by atoms with E-state index < -0.39 is 0 Å². The maximum Gasteiger partial charge on any atom is 0.276 e. The van der Waals surface area contributed by atoms with Crippen LogP contribution in [0, 0.1) is 13.8 Å². The van der Waals surface area contributed by atoms with Crippen LogP contribution in [0.3, 0.4) is 0 Å². The molecule has 1 amide bonds. The molecule has 23 heavy (non-hydrogen) atoms. The molecule has 1 aliphatic heterocycles. The number of carbonyl (C=O) groups is 1. The van der Waals surface area contributed by atoms with E-state index in [1.165, 1.54) is 6.39 Å². The minimum absolute atomic E-state index is 0.00811. The molecule has 0 spiro atoms. The van der Waals surface area contributed by atoms with E-state index in [1.54, 1.807) is 19.3 Å². The van der Waals surface area contributed by atoms with Crippen LogP contribution in [0.15, 0.2) is 23.2 Å². The van der Waals surface area contributed by atoms with Crippen molar-refractivity contribution in [3.05, 3.63) is 41.6 Å². The fraction of sp³-hybridized carbons (Fsp3) is 0.500. The van der Waals surface area contributed by atoms with Gasteiger partial charge in [0.05, 0.1) is 30.6 Å². The Kier molecular flexibility index (Phi) is 4.66. The van der Waals surface area contributed by atoms with Gasteiger partial charge in [-0.3, -0.25) is 14.8 Å². The van der Waals surface area contributed by atoms with E-state index >= 15 is 0 Å². The zero-order valence-corrected chi connectivity index (χ0v) is 13.4. The van der Waals surface area contributed by atoms with Gasteiger partial charge in [0.1, 0.15) is 5.76 Å². The van der Waals surface area contributed by atoms with E-state index in [2.05, 4.69) is 15.0 Å². The Morgan fingerprint density at radius 2 is 2.13 bits per heavy atom. The molecule has 0 saturated carbocycles. The second-order valence-corrected chi connectivity index (χ2v) is 5.61. The molecule has 0 unspecified atom stereocenters. The van der Waals surface area contributed by atoms with Crippen LogP contribution in [0.5, 0.6) is 0 Å². The van der Waals surface area contributed by atoms with Crippen molar-refractivity contribution < 1.29 is 13.9 Å². The van der Waals surface area contributed by atoms with Crippen molar-refractivity contribution in [2.75, 3.05) is 19.8 Å². The number of ether oxygens (including phenoxy) is 1. The molecule has 0 aliphatic carbocycles. The Bertz CT molecular complexity index is 685. The molecular weight excluding hydrogens is 296 g/mol. The molecule has 3 rings (SSSR count). The monoisotopic (exact) mass is 316 g/mol. The van der Waals surface area contributed by atoms with Crippen molar-refractivity contribution in [2.45, 2.75) is 32.7 Å². The summed E-state index contributed by atoms with van der Waals surface area (Å²) in [5.41, 5.74) is 2.27. The van der Waals surface area contributed by atoms with E-state index in [0.29, 0.717) is 31.2 Å².